The maximum atomic E-state index is 6.24. The van der Waals surface area contributed by atoms with Crippen LogP contribution in [0.1, 0.15) is 24.1 Å². The number of hydrogen-bond donors (Lipinski definition) is 1. The Morgan fingerprint density at radius 2 is 1.67 bits per heavy atom. The molecule has 0 fully saturated rings. The van der Waals surface area contributed by atoms with Gasteiger partial charge < -0.3 is 5.73 Å². The van der Waals surface area contributed by atoms with Gasteiger partial charge in [0.05, 0.1) is 0 Å². The van der Waals surface area contributed by atoms with Crippen LogP contribution in [-0.2, 0) is 0 Å². The molecule has 0 saturated heterocycles. The van der Waals surface area contributed by atoms with Gasteiger partial charge in [-0.15, -0.1) is 12.4 Å². The highest BCUT2D eigenvalue weighted by Gasteiger charge is 2.04. The molecule has 0 aliphatic carbocycles. The topological polar surface area (TPSA) is 26.0 Å². The minimum absolute atomic E-state index is 0. The molecule has 2 aromatic carbocycles. The van der Waals surface area contributed by atoms with Crippen molar-refractivity contribution in [1.29, 1.82) is 0 Å². The van der Waals surface area contributed by atoms with Crippen LogP contribution in [0.3, 0.4) is 0 Å². The van der Waals surface area contributed by atoms with Gasteiger partial charge in [0.25, 0.3) is 0 Å². The fraction of sp³-hybridized carbons (Fsp3) is 0.200. The lowest BCUT2D eigenvalue weighted by molar-refractivity contribution is 0.818. The Kier molecular flexibility index (Phi) is 5.21. The Morgan fingerprint density at radius 3 is 2.17 bits per heavy atom. The SMILES string of the molecule is Cc1ccc(-c2ccc(C(C)N)cc2)c(Cl)c1.Cl. The molecule has 1 atom stereocenters. The van der Waals surface area contributed by atoms with E-state index >= 15 is 0 Å². The van der Waals surface area contributed by atoms with Crippen LogP contribution < -0.4 is 5.73 Å². The van der Waals surface area contributed by atoms with E-state index in [-0.39, 0.29) is 18.4 Å². The molecule has 0 radical (unpaired) electrons. The van der Waals surface area contributed by atoms with Crippen LogP contribution in [0, 0.1) is 6.92 Å². The van der Waals surface area contributed by atoms with Gasteiger partial charge >= 0.3 is 0 Å². The highest BCUT2D eigenvalue weighted by atomic mass is 35.5. The largest absolute Gasteiger partial charge is 0.324 e. The monoisotopic (exact) mass is 281 g/mol. The van der Waals surface area contributed by atoms with Crippen LogP contribution in [-0.4, -0.2) is 0 Å². The quantitative estimate of drug-likeness (QED) is 0.844. The summed E-state index contributed by atoms with van der Waals surface area (Å²) in [6.45, 7) is 4.02. The van der Waals surface area contributed by atoms with Crippen LogP contribution in [0.25, 0.3) is 11.1 Å². The lowest BCUT2D eigenvalue weighted by atomic mass is 10.0. The first-order valence-electron chi connectivity index (χ1n) is 5.70. The molecule has 0 aromatic heterocycles. The number of nitrogens with two attached hydrogens (primary N) is 1. The zero-order chi connectivity index (χ0) is 12.4. The van der Waals surface area contributed by atoms with Gasteiger partial charge in [0.15, 0.2) is 0 Å². The second kappa shape index (κ2) is 6.24. The first-order chi connectivity index (χ1) is 8.08. The summed E-state index contributed by atoms with van der Waals surface area (Å²) in [6.07, 6.45) is 0. The lowest BCUT2D eigenvalue weighted by Crippen LogP contribution is -2.04. The van der Waals surface area contributed by atoms with E-state index in [1.807, 2.05) is 19.9 Å². The summed E-state index contributed by atoms with van der Waals surface area (Å²) in [7, 11) is 0. The second-order valence-corrected chi connectivity index (χ2v) is 4.80. The smallest absolute Gasteiger partial charge is 0.0487 e. The third-order valence-corrected chi connectivity index (χ3v) is 3.18. The van der Waals surface area contributed by atoms with Crippen LogP contribution in [0.15, 0.2) is 42.5 Å². The van der Waals surface area contributed by atoms with E-state index in [4.69, 9.17) is 17.3 Å². The number of hydrogen-bond acceptors (Lipinski definition) is 1. The summed E-state index contributed by atoms with van der Waals surface area (Å²) in [4.78, 5) is 0. The zero-order valence-electron chi connectivity index (χ0n) is 10.5. The Hall–Kier alpha value is -1.02. The van der Waals surface area contributed by atoms with Crippen molar-refractivity contribution in [1.82, 2.24) is 0 Å². The maximum absolute atomic E-state index is 6.24. The maximum Gasteiger partial charge on any atom is 0.0487 e. The molecular weight excluding hydrogens is 265 g/mol. The first-order valence-corrected chi connectivity index (χ1v) is 6.08. The second-order valence-electron chi connectivity index (χ2n) is 4.39. The molecule has 0 heterocycles. The summed E-state index contributed by atoms with van der Waals surface area (Å²) in [5.74, 6) is 0. The summed E-state index contributed by atoms with van der Waals surface area (Å²) < 4.78 is 0. The normalized spacial score (nSPS) is 11.8. The van der Waals surface area contributed by atoms with Crippen molar-refractivity contribution in [3.8, 4) is 11.1 Å². The molecule has 2 N–H and O–H groups in total. The van der Waals surface area contributed by atoms with Crippen LogP contribution >= 0.6 is 24.0 Å². The van der Waals surface area contributed by atoms with Gasteiger partial charge in [-0.1, -0.05) is 48.0 Å². The number of aryl methyl sites for hydroxylation is 1. The summed E-state index contributed by atoms with van der Waals surface area (Å²) >= 11 is 6.24. The first kappa shape index (κ1) is 15.0. The minimum atomic E-state index is 0. The van der Waals surface area contributed by atoms with Gasteiger partial charge in [0, 0.05) is 16.6 Å². The molecule has 0 aliphatic rings. The molecule has 0 spiro atoms. The van der Waals surface area contributed by atoms with Gasteiger partial charge in [-0.25, -0.2) is 0 Å². The molecule has 2 aromatic rings. The molecule has 1 unspecified atom stereocenters. The summed E-state index contributed by atoms with van der Waals surface area (Å²) in [5.41, 5.74) is 10.3. The average Bonchev–Trinajstić information content (AvgIpc) is 2.29. The van der Waals surface area contributed by atoms with Crippen molar-refractivity contribution in [2.24, 2.45) is 5.73 Å². The third kappa shape index (κ3) is 3.26. The number of rotatable bonds is 2. The molecule has 3 heteroatoms. The lowest BCUT2D eigenvalue weighted by Gasteiger charge is -2.09. The average molecular weight is 282 g/mol. The van der Waals surface area contributed by atoms with Crippen LogP contribution in [0.5, 0.6) is 0 Å². The van der Waals surface area contributed by atoms with E-state index in [2.05, 4.69) is 36.4 Å². The number of halogens is 2. The zero-order valence-corrected chi connectivity index (χ0v) is 12.1. The van der Waals surface area contributed by atoms with Gasteiger partial charge in [-0.2, -0.15) is 0 Å². The molecule has 1 nitrogen and oxygen atoms in total. The van der Waals surface area contributed by atoms with Crippen molar-refractivity contribution in [3.05, 3.63) is 58.6 Å². The summed E-state index contributed by atoms with van der Waals surface area (Å²) in [6, 6.07) is 14.4. The molecule has 0 bridgehead atoms. The molecule has 0 saturated carbocycles. The fourth-order valence-electron chi connectivity index (χ4n) is 1.82. The predicted octanol–water partition coefficient (Wildman–Crippen LogP) is 4.76. The molecule has 2 rings (SSSR count). The third-order valence-electron chi connectivity index (χ3n) is 2.87. The Balaban J connectivity index is 0.00000162. The van der Waals surface area contributed by atoms with Crippen molar-refractivity contribution >= 4 is 24.0 Å². The van der Waals surface area contributed by atoms with Gasteiger partial charge in [-0.05, 0) is 36.6 Å². The molecule has 0 aliphatic heterocycles. The highest BCUT2D eigenvalue weighted by molar-refractivity contribution is 6.33. The van der Waals surface area contributed by atoms with Crippen molar-refractivity contribution < 1.29 is 0 Å². The molecular formula is C15H17Cl2N. The molecule has 96 valence electrons. The van der Waals surface area contributed by atoms with Gasteiger partial charge in [0.2, 0.25) is 0 Å². The van der Waals surface area contributed by atoms with E-state index in [0.29, 0.717) is 0 Å². The van der Waals surface area contributed by atoms with Crippen LogP contribution in [0.4, 0.5) is 0 Å². The van der Waals surface area contributed by atoms with E-state index in [9.17, 15) is 0 Å². The summed E-state index contributed by atoms with van der Waals surface area (Å²) in [5, 5.41) is 0.790. The Labute approximate surface area is 119 Å². The van der Waals surface area contributed by atoms with Crippen LogP contribution in [0.2, 0.25) is 5.02 Å². The van der Waals surface area contributed by atoms with E-state index < -0.39 is 0 Å². The van der Waals surface area contributed by atoms with Gasteiger partial charge in [0.1, 0.15) is 0 Å². The van der Waals surface area contributed by atoms with E-state index in [0.717, 1.165) is 21.7 Å². The van der Waals surface area contributed by atoms with Crippen molar-refractivity contribution in [2.75, 3.05) is 0 Å². The fourth-order valence-corrected chi connectivity index (χ4v) is 2.16. The molecule has 18 heavy (non-hydrogen) atoms. The highest BCUT2D eigenvalue weighted by Crippen LogP contribution is 2.29. The predicted molar refractivity (Wildman–Crippen MR) is 81.5 cm³/mol. The van der Waals surface area contributed by atoms with E-state index in [1.165, 1.54) is 5.56 Å². The molecule has 0 amide bonds. The number of benzene rings is 2. The standard InChI is InChI=1S/C15H16ClN.ClH/c1-10-3-8-14(15(16)9-10)13-6-4-12(5-7-13)11(2)17;/h3-9,11H,17H2,1-2H3;1H. The van der Waals surface area contributed by atoms with Crippen molar-refractivity contribution in [2.45, 2.75) is 19.9 Å². The minimum Gasteiger partial charge on any atom is -0.324 e. The van der Waals surface area contributed by atoms with Gasteiger partial charge in [-0.3, -0.25) is 0 Å². The Morgan fingerprint density at radius 1 is 1.06 bits per heavy atom. The van der Waals surface area contributed by atoms with Crippen molar-refractivity contribution in [3.63, 3.8) is 0 Å². The Bertz CT molecular complexity index is 519. The van der Waals surface area contributed by atoms with E-state index in [1.54, 1.807) is 0 Å².